The molecule has 152 valence electrons. The lowest BCUT2D eigenvalue weighted by atomic mass is 10.2. The lowest BCUT2D eigenvalue weighted by Gasteiger charge is -2.26. The van der Waals surface area contributed by atoms with Crippen LogP contribution in [0.3, 0.4) is 0 Å². The highest BCUT2D eigenvalue weighted by Crippen LogP contribution is 2.27. The van der Waals surface area contributed by atoms with Crippen molar-refractivity contribution in [1.82, 2.24) is 14.5 Å². The minimum absolute atomic E-state index is 0.255. The summed E-state index contributed by atoms with van der Waals surface area (Å²) in [7, 11) is 1.57. The van der Waals surface area contributed by atoms with Crippen LogP contribution < -0.4 is 10.1 Å². The zero-order valence-corrected chi connectivity index (χ0v) is 17.6. The summed E-state index contributed by atoms with van der Waals surface area (Å²) in [6.45, 7) is 2.13. The van der Waals surface area contributed by atoms with Crippen molar-refractivity contribution in [2.75, 3.05) is 19.0 Å². The fraction of sp³-hybridized carbons (Fsp3) is 0.238. The van der Waals surface area contributed by atoms with Gasteiger partial charge in [0.25, 0.3) is 0 Å². The highest BCUT2D eigenvalue weighted by Gasteiger charge is 2.12. The van der Waals surface area contributed by atoms with Crippen LogP contribution >= 0.6 is 23.8 Å². The van der Waals surface area contributed by atoms with E-state index in [-0.39, 0.29) is 5.82 Å². The third-order valence-electron chi connectivity index (χ3n) is 4.38. The number of aryl methyl sites for hydroxylation is 1. The highest BCUT2D eigenvalue weighted by molar-refractivity contribution is 7.80. The van der Waals surface area contributed by atoms with E-state index in [4.69, 9.17) is 28.6 Å². The summed E-state index contributed by atoms with van der Waals surface area (Å²) in [5, 5.41) is 4.35. The zero-order valence-electron chi connectivity index (χ0n) is 16.0. The van der Waals surface area contributed by atoms with E-state index in [2.05, 4.69) is 15.2 Å². The molecule has 0 unspecified atom stereocenters. The first-order valence-electron chi connectivity index (χ1n) is 9.15. The molecule has 3 rings (SSSR count). The second-order valence-corrected chi connectivity index (χ2v) is 7.28. The van der Waals surface area contributed by atoms with E-state index >= 15 is 0 Å². The van der Waals surface area contributed by atoms with Crippen LogP contribution in [0.1, 0.15) is 12.0 Å². The van der Waals surface area contributed by atoms with E-state index in [0.717, 1.165) is 30.8 Å². The van der Waals surface area contributed by atoms with Gasteiger partial charge in [0, 0.05) is 43.8 Å². The van der Waals surface area contributed by atoms with Crippen LogP contribution in [0.5, 0.6) is 5.75 Å². The van der Waals surface area contributed by atoms with Gasteiger partial charge in [0.2, 0.25) is 0 Å². The zero-order chi connectivity index (χ0) is 20.6. The van der Waals surface area contributed by atoms with Crippen LogP contribution in [0.4, 0.5) is 10.1 Å². The molecule has 0 saturated heterocycles. The van der Waals surface area contributed by atoms with Gasteiger partial charge in [-0.3, -0.25) is 0 Å². The topological polar surface area (TPSA) is 42.3 Å². The number of methoxy groups -OCH3 is 1. The van der Waals surface area contributed by atoms with Gasteiger partial charge < -0.3 is 19.5 Å². The smallest absolute Gasteiger partial charge is 0.173 e. The fourth-order valence-corrected chi connectivity index (χ4v) is 3.33. The molecule has 0 aliphatic rings. The van der Waals surface area contributed by atoms with E-state index in [1.54, 1.807) is 43.9 Å². The molecule has 0 aliphatic carbocycles. The third kappa shape index (κ3) is 6.17. The number of imidazole rings is 1. The van der Waals surface area contributed by atoms with Crippen LogP contribution in [-0.2, 0) is 13.1 Å². The molecule has 8 heteroatoms. The predicted molar refractivity (Wildman–Crippen MR) is 118 cm³/mol. The number of rotatable bonds is 8. The number of hydrogen-bond donors (Lipinski definition) is 1. The lowest BCUT2D eigenvalue weighted by molar-refractivity contribution is 0.395. The van der Waals surface area contributed by atoms with Gasteiger partial charge in [0.05, 0.1) is 18.5 Å². The Balaban J connectivity index is 1.69. The van der Waals surface area contributed by atoms with Gasteiger partial charge >= 0.3 is 0 Å². The van der Waals surface area contributed by atoms with Crippen molar-refractivity contribution in [3.05, 3.63) is 77.6 Å². The molecule has 0 saturated carbocycles. The summed E-state index contributed by atoms with van der Waals surface area (Å²) < 4.78 is 20.5. The van der Waals surface area contributed by atoms with Gasteiger partial charge in [0.1, 0.15) is 11.6 Å². The Morgan fingerprint density at radius 3 is 2.76 bits per heavy atom. The number of nitrogens with zero attached hydrogens (tertiary/aromatic N) is 3. The summed E-state index contributed by atoms with van der Waals surface area (Å²) in [5.74, 6) is 0.319. The highest BCUT2D eigenvalue weighted by atomic mass is 35.5. The second kappa shape index (κ2) is 10.2. The summed E-state index contributed by atoms with van der Waals surface area (Å²) in [6, 6.07) is 11.9. The molecule has 0 radical (unpaired) electrons. The van der Waals surface area contributed by atoms with Crippen LogP contribution in [-0.4, -0.2) is 33.2 Å². The standard InChI is InChI=1S/C21H22ClFN4OS/c1-28-20-13-18(7-8-19(20)22)25-21(29)27(11-2-10-26-12-9-24-15-26)14-16-3-5-17(23)6-4-16/h3-9,12-13,15H,2,10-11,14H2,1H3,(H,25,29). The van der Waals surface area contributed by atoms with Gasteiger partial charge in [-0.15, -0.1) is 0 Å². The number of benzene rings is 2. The molecular weight excluding hydrogens is 411 g/mol. The molecule has 5 nitrogen and oxygen atoms in total. The first kappa shape index (κ1) is 21.1. The third-order valence-corrected chi connectivity index (χ3v) is 5.05. The molecular formula is C21H22ClFN4OS. The maximum absolute atomic E-state index is 13.3. The van der Waals surface area contributed by atoms with Gasteiger partial charge in [-0.2, -0.15) is 0 Å². The minimum atomic E-state index is -0.255. The van der Waals surface area contributed by atoms with Crippen molar-refractivity contribution in [3.63, 3.8) is 0 Å². The average Bonchev–Trinajstić information content (AvgIpc) is 3.23. The van der Waals surface area contributed by atoms with Gasteiger partial charge in [0.15, 0.2) is 5.11 Å². The number of ether oxygens (including phenoxy) is 1. The quantitative estimate of drug-likeness (QED) is 0.509. The fourth-order valence-electron chi connectivity index (χ4n) is 2.87. The number of halogens is 2. The lowest BCUT2D eigenvalue weighted by Crippen LogP contribution is -2.35. The Bertz CT molecular complexity index is 934. The predicted octanol–water partition coefficient (Wildman–Crippen LogP) is 4.97. The normalized spacial score (nSPS) is 10.6. The van der Waals surface area contributed by atoms with E-state index < -0.39 is 0 Å². The van der Waals surface area contributed by atoms with E-state index in [1.807, 2.05) is 16.8 Å². The van der Waals surface area contributed by atoms with Crippen molar-refractivity contribution in [3.8, 4) is 5.75 Å². The number of nitrogens with one attached hydrogen (secondary N) is 1. The first-order chi connectivity index (χ1) is 14.0. The van der Waals surface area contributed by atoms with Crippen LogP contribution in [0, 0.1) is 5.82 Å². The SMILES string of the molecule is COc1cc(NC(=S)N(CCCn2ccnc2)Cc2ccc(F)cc2)ccc1Cl. The number of hydrogen-bond acceptors (Lipinski definition) is 3. The van der Waals surface area contributed by atoms with Crippen LogP contribution in [0.25, 0.3) is 0 Å². The van der Waals surface area contributed by atoms with Crippen molar-refractivity contribution >= 4 is 34.6 Å². The molecule has 29 heavy (non-hydrogen) atoms. The summed E-state index contributed by atoms with van der Waals surface area (Å²) in [5.41, 5.74) is 1.77. The van der Waals surface area contributed by atoms with Crippen molar-refractivity contribution in [2.45, 2.75) is 19.5 Å². The summed E-state index contributed by atoms with van der Waals surface area (Å²) in [4.78, 5) is 6.12. The molecule has 1 aromatic heterocycles. The Hall–Kier alpha value is -2.64. The average molecular weight is 433 g/mol. The number of anilines is 1. The van der Waals surface area contributed by atoms with Crippen LogP contribution in [0.15, 0.2) is 61.2 Å². The molecule has 0 amide bonds. The molecule has 0 atom stereocenters. The number of aromatic nitrogens is 2. The molecule has 0 fully saturated rings. The van der Waals surface area contributed by atoms with Crippen molar-refractivity contribution in [1.29, 1.82) is 0 Å². The Kier molecular flexibility index (Phi) is 7.43. The van der Waals surface area contributed by atoms with Crippen molar-refractivity contribution < 1.29 is 9.13 Å². The summed E-state index contributed by atoms with van der Waals surface area (Å²) >= 11 is 11.8. The van der Waals surface area contributed by atoms with Gasteiger partial charge in [-0.05, 0) is 48.5 Å². The van der Waals surface area contributed by atoms with Gasteiger partial charge in [-0.1, -0.05) is 23.7 Å². The maximum atomic E-state index is 13.3. The molecule has 0 aliphatic heterocycles. The molecule has 0 spiro atoms. The molecule has 0 bridgehead atoms. The molecule has 1 heterocycles. The maximum Gasteiger partial charge on any atom is 0.173 e. The van der Waals surface area contributed by atoms with Crippen molar-refractivity contribution in [2.24, 2.45) is 0 Å². The van der Waals surface area contributed by atoms with E-state index in [0.29, 0.717) is 22.4 Å². The van der Waals surface area contributed by atoms with Gasteiger partial charge in [-0.25, -0.2) is 9.37 Å². The molecule has 3 aromatic rings. The second-order valence-electron chi connectivity index (χ2n) is 6.48. The Morgan fingerprint density at radius 1 is 1.28 bits per heavy atom. The Morgan fingerprint density at radius 2 is 2.07 bits per heavy atom. The minimum Gasteiger partial charge on any atom is -0.495 e. The number of thiocarbonyl (C=S) groups is 1. The molecule has 2 aromatic carbocycles. The Labute approximate surface area is 180 Å². The molecule has 1 N–H and O–H groups in total. The summed E-state index contributed by atoms with van der Waals surface area (Å²) in [6.07, 6.45) is 6.36. The first-order valence-corrected chi connectivity index (χ1v) is 9.93. The largest absolute Gasteiger partial charge is 0.495 e. The van der Waals surface area contributed by atoms with Crippen LogP contribution in [0.2, 0.25) is 5.02 Å². The van der Waals surface area contributed by atoms with E-state index in [9.17, 15) is 4.39 Å². The monoisotopic (exact) mass is 432 g/mol. The van der Waals surface area contributed by atoms with E-state index in [1.165, 1.54) is 12.1 Å².